The average Bonchev–Trinajstić information content (AvgIpc) is 2.75. The molecule has 2 rings (SSSR count). The van der Waals surface area contributed by atoms with E-state index in [1.807, 2.05) is 0 Å². The van der Waals surface area contributed by atoms with Crippen LogP contribution in [0.3, 0.4) is 0 Å². The third kappa shape index (κ3) is 1.88. The Morgan fingerprint density at radius 1 is 1.62 bits per heavy atom. The minimum Gasteiger partial charge on any atom is -0.388 e. The van der Waals surface area contributed by atoms with Gasteiger partial charge in [0, 0.05) is 6.20 Å². The van der Waals surface area contributed by atoms with Gasteiger partial charge < -0.3 is 14.6 Å². The van der Waals surface area contributed by atoms with Gasteiger partial charge in [-0.25, -0.2) is 4.98 Å². The van der Waals surface area contributed by atoms with Crippen LogP contribution in [-0.2, 0) is 9.47 Å². The normalized spacial score (nSPS) is 20.8. The number of ether oxygens (including phenoxy) is 2. The maximum atomic E-state index is 9.27. The average molecular weight is 201 g/mol. The van der Waals surface area contributed by atoms with E-state index in [9.17, 15) is 5.11 Å². The van der Waals surface area contributed by atoms with E-state index in [0.29, 0.717) is 13.2 Å². The molecule has 0 aromatic carbocycles. The molecule has 13 heavy (non-hydrogen) atoms. The zero-order valence-corrected chi connectivity index (χ0v) is 8.08. The summed E-state index contributed by atoms with van der Waals surface area (Å²) in [5, 5.41) is 10.1. The monoisotopic (exact) mass is 201 g/mol. The zero-order valence-electron chi connectivity index (χ0n) is 7.27. The number of hydrogen-bond donors (Lipinski definition) is 1. The standard InChI is InChI=1S/C8H11NO3S/c1-5(10)6-4-9-7(13-6)8-11-2-3-12-8/h4-5,8,10H,2-3H2,1H3/t5-/m0/s1. The van der Waals surface area contributed by atoms with E-state index in [4.69, 9.17) is 9.47 Å². The summed E-state index contributed by atoms with van der Waals surface area (Å²) in [6.07, 6.45) is 0.876. The highest BCUT2D eigenvalue weighted by Crippen LogP contribution is 2.29. The van der Waals surface area contributed by atoms with E-state index in [-0.39, 0.29) is 6.29 Å². The van der Waals surface area contributed by atoms with Crippen LogP contribution in [0, 0.1) is 0 Å². The maximum absolute atomic E-state index is 9.27. The second-order valence-corrected chi connectivity index (χ2v) is 3.94. The lowest BCUT2D eigenvalue weighted by atomic mass is 10.4. The summed E-state index contributed by atoms with van der Waals surface area (Å²) in [6, 6.07) is 0. The molecule has 2 heterocycles. The molecule has 1 N–H and O–H groups in total. The maximum Gasteiger partial charge on any atom is 0.211 e. The van der Waals surface area contributed by atoms with Crippen LogP contribution in [0.25, 0.3) is 0 Å². The summed E-state index contributed by atoms with van der Waals surface area (Å²) in [6.45, 7) is 2.95. The van der Waals surface area contributed by atoms with Crippen molar-refractivity contribution in [1.82, 2.24) is 4.98 Å². The lowest BCUT2D eigenvalue weighted by Gasteiger charge is -2.03. The molecule has 1 fully saturated rings. The van der Waals surface area contributed by atoms with Crippen molar-refractivity contribution in [2.45, 2.75) is 19.3 Å². The van der Waals surface area contributed by atoms with Gasteiger partial charge in [-0.3, -0.25) is 0 Å². The van der Waals surface area contributed by atoms with Crippen molar-refractivity contribution in [3.05, 3.63) is 16.1 Å². The van der Waals surface area contributed by atoms with Gasteiger partial charge in [-0.05, 0) is 6.92 Å². The number of thiazole rings is 1. The number of hydrogen-bond acceptors (Lipinski definition) is 5. The van der Waals surface area contributed by atoms with Gasteiger partial charge >= 0.3 is 0 Å². The van der Waals surface area contributed by atoms with E-state index < -0.39 is 6.10 Å². The predicted molar refractivity (Wildman–Crippen MR) is 47.4 cm³/mol. The molecule has 0 bridgehead atoms. The second-order valence-electron chi connectivity index (χ2n) is 2.85. The Labute approximate surface area is 80.1 Å². The summed E-state index contributed by atoms with van der Waals surface area (Å²) in [4.78, 5) is 4.97. The lowest BCUT2D eigenvalue weighted by Crippen LogP contribution is -1.95. The van der Waals surface area contributed by atoms with E-state index in [0.717, 1.165) is 9.88 Å². The molecule has 0 amide bonds. The fourth-order valence-electron chi connectivity index (χ4n) is 1.10. The van der Waals surface area contributed by atoms with E-state index in [1.165, 1.54) is 11.3 Å². The van der Waals surface area contributed by atoms with E-state index >= 15 is 0 Å². The van der Waals surface area contributed by atoms with Crippen LogP contribution in [0.5, 0.6) is 0 Å². The highest BCUT2D eigenvalue weighted by atomic mass is 32.1. The van der Waals surface area contributed by atoms with Crippen molar-refractivity contribution < 1.29 is 14.6 Å². The lowest BCUT2D eigenvalue weighted by molar-refractivity contribution is -0.0442. The van der Waals surface area contributed by atoms with Crippen LogP contribution in [0.15, 0.2) is 6.20 Å². The smallest absolute Gasteiger partial charge is 0.211 e. The topological polar surface area (TPSA) is 51.6 Å². The molecule has 5 heteroatoms. The zero-order chi connectivity index (χ0) is 9.26. The second kappa shape index (κ2) is 3.71. The van der Waals surface area contributed by atoms with Crippen molar-refractivity contribution in [3.8, 4) is 0 Å². The van der Waals surface area contributed by atoms with Crippen LogP contribution in [0.4, 0.5) is 0 Å². The molecule has 0 aliphatic carbocycles. The Bertz CT molecular complexity index is 281. The van der Waals surface area contributed by atoms with Crippen LogP contribution in [-0.4, -0.2) is 23.3 Å². The number of nitrogens with zero attached hydrogens (tertiary/aromatic N) is 1. The van der Waals surface area contributed by atoms with Crippen molar-refractivity contribution in [3.63, 3.8) is 0 Å². The van der Waals surface area contributed by atoms with Gasteiger partial charge in [-0.1, -0.05) is 0 Å². The molecule has 72 valence electrons. The first-order valence-electron chi connectivity index (χ1n) is 4.14. The van der Waals surface area contributed by atoms with Gasteiger partial charge in [0.2, 0.25) is 6.29 Å². The highest BCUT2D eigenvalue weighted by molar-refractivity contribution is 7.11. The molecule has 0 unspecified atom stereocenters. The summed E-state index contributed by atoms with van der Waals surface area (Å²) < 4.78 is 10.6. The number of aliphatic hydroxyl groups is 1. The Morgan fingerprint density at radius 3 is 2.85 bits per heavy atom. The molecule has 1 aromatic rings. The van der Waals surface area contributed by atoms with E-state index in [1.54, 1.807) is 13.1 Å². The molecular weight excluding hydrogens is 190 g/mol. The molecule has 1 atom stereocenters. The van der Waals surface area contributed by atoms with Gasteiger partial charge in [0.05, 0.1) is 24.2 Å². The molecule has 1 aliphatic heterocycles. The van der Waals surface area contributed by atoms with Gasteiger partial charge in [0.25, 0.3) is 0 Å². The van der Waals surface area contributed by atoms with E-state index in [2.05, 4.69) is 4.98 Å². The number of aliphatic hydroxyl groups excluding tert-OH is 1. The van der Waals surface area contributed by atoms with Gasteiger partial charge in [-0.2, -0.15) is 0 Å². The summed E-state index contributed by atoms with van der Waals surface area (Å²) >= 11 is 1.43. The van der Waals surface area contributed by atoms with Crippen LogP contribution in [0.2, 0.25) is 0 Å². The van der Waals surface area contributed by atoms with Crippen molar-refractivity contribution in [2.24, 2.45) is 0 Å². The first-order chi connectivity index (χ1) is 6.27. The Hall–Kier alpha value is -0.490. The van der Waals surface area contributed by atoms with Gasteiger partial charge in [0.1, 0.15) is 5.01 Å². The Morgan fingerprint density at radius 2 is 2.31 bits per heavy atom. The minimum atomic E-state index is -0.465. The largest absolute Gasteiger partial charge is 0.388 e. The third-order valence-electron chi connectivity index (χ3n) is 1.78. The molecule has 1 saturated heterocycles. The first-order valence-corrected chi connectivity index (χ1v) is 4.96. The van der Waals surface area contributed by atoms with Crippen molar-refractivity contribution >= 4 is 11.3 Å². The highest BCUT2D eigenvalue weighted by Gasteiger charge is 2.22. The SMILES string of the molecule is C[C@H](O)c1cnc(C2OCCO2)s1. The number of aromatic nitrogens is 1. The van der Waals surface area contributed by atoms with Crippen molar-refractivity contribution in [2.75, 3.05) is 13.2 Å². The molecule has 1 aliphatic rings. The first kappa shape index (κ1) is 9.08. The van der Waals surface area contributed by atoms with Gasteiger partial charge in [-0.15, -0.1) is 11.3 Å². The minimum absolute atomic E-state index is 0.322. The Balaban J connectivity index is 2.12. The molecule has 4 nitrogen and oxygen atoms in total. The fourth-order valence-corrected chi connectivity index (χ4v) is 1.96. The fraction of sp³-hybridized carbons (Fsp3) is 0.625. The van der Waals surface area contributed by atoms with Crippen LogP contribution in [0.1, 0.15) is 29.2 Å². The van der Waals surface area contributed by atoms with Gasteiger partial charge in [0.15, 0.2) is 0 Å². The summed E-state index contributed by atoms with van der Waals surface area (Å²) in [5.74, 6) is 0. The molecule has 0 radical (unpaired) electrons. The van der Waals surface area contributed by atoms with Crippen molar-refractivity contribution in [1.29, 1.82) is 0 Å². The quantitative estimate of drug-likeness (QED) is 0.782. The summed E-state index contributed by atoms with van der Waals surface area (Å²) in [7, 11) is 0. The molecule has 0 spiro atoms. The Kier molecular flexibility index (Phi) is 2.59. The predicted octanol–water partition coefficient (Wildman–Crippen LogP) is 1.24. The van der Waals surface area contributed by atoms with Crippen LogP contribution >= 0.6 is 11.3 Å². The molecular formula is C8H11NO3S. The molecule has 0 saturated carbocycles. The number of rotatable bonds is 2. The molecule has 1 aromatic heterocycles. The van der Waals surface area contributed by atoms with Crippen LogP contribution < -0.4 is 0 Å². The third-order valence-corrected chi connectivity index (χ3v) is 2.97. The summed E-state index contributed by atoms with van der Waals surface area (Å²) in [5.41, 5.74) is 0.